The zero-order valence-corrected chi connectivity index (χ0v) is 11.3. The average Bonchev–Trinajstić information content (AvgIpc) is 2.88. The van der Waals surface area contributed by atoms with Crippen molar-refractivity contribution < 1.29 is 4.92 Å². The van der Waals surface area contributed by atoms with Gasteiger partial charge in [0.1, 0.15) is 6.33 Å². The van der Waals surface area contributed by atoms with Crippen LogP contribution in [0.2, 0.25) is 0 Å². The molecular formula is C11H9N7O2S. The van der Waals surface area contributed by atoms with Crippen molar-refractivity contribution in [3.63, 3.8) is 0 Å². The van der Waals surface area contributed by atoms with E-state index in [1.165, 1.54) is 6.33 Å². The Hall–Kier alpha value is -2.72. The summed E-state index contributed by atoms with van der Waals surface area (Å²) >= 11 is 1.04. The van der Waals surface area contributed by atoms with Gasteiger partial charge in [0.15, 0.2) is 10.2 Å². The van der Waals surface area contributed by atoms with Crippen molar-refractivity contribution in [3.05, 3.63) is 40.7 Å². The number of nitrogen functional groups attached to an aromatic ring is 1. The molecule has 0 saturated heterocycles. The van der Waals surface area contributed by atoms with E-state index in [9.17, 15) is 10.1 Å². The Bertz CT molecular complexity index is 786. The SMILES string of the molecule is NNc1ncnc(Sc2nc3ccccc3[nH]2)c1[N+](=O)[O-]. The first kappa shape index (κ1) is 13.3. The van der Waals surface area contributed by atoms with Crippen molar-refractivity contribution in [2.45, 2.75) is 10.2 Å². The number of nitrogens with zero attached hydrogens (tertiary/aromatic N) is 4. The van der Waals surface area contributed by atoms with Crippen LogP contribution in [0.1, 0.15) is 0 Å². The van der Waals surface area contributed by atoms with E-state index in [4.69, 9.17) is 5.84 Å². The van der Waals surface area contributed by atoms with Gasteiger partial charge >= 0.3 is 5.69 Å². The molecule has 1 aromatic carbocycles. The molecule has 9 nitrogen and oxygen atoms in total. The summed E-state index contributed by atoms with van der Waals surface area (Å²) in [6.45, 7) is 0. The predicted molar refractivity (Wildman–Crippen MR) is 76.7 cm³/mol. The quantitative estimate of drug-likeness (QED) is 0.287. The number of fused-ring (bicyclic) bond motifs is 1. The fourth-order valence-electron chi connectivity index (χ4n) is 1.78. The summed E-state index contributed by atoms with van der Waals surface area (Å²) in [6, 6.07) is 7.45. The Morgan fingerprint density at radius 3 is 2.86 bits per heavy atom. The Balaban J connectivity index is 2.03. The number of nitro groups is 1. The van der Waals surface area contributed by atoms with Crippen molar-refractivity contribution in [3.8, 4) is 0 Å². The molecule has 3 aromatic rings. The molecule has 0 atom stereocenters. The van der Waals surface area contributed by atoms with Crippen LogP contribution in [0.15, 0.2) is 40.8 Å². The Morgan fingerprint density at radius 2 is 2.14 bits per heavy atom. The van der Waals surface area contributed by atoms with Gasteiger partial charge in [-0.15, -0.1) is 0 Å². The first-order valence-electron chi connectivity index (χ1n) is 5.77. The molecule has 106 valence electrons. The van der Waals surface area contributed by atoms with Crippen LogP contribution in [0.25, 0.3) is 11.0 Å². The molecule has 0 bridgehead atoms. The van der Waals surface area contributed by atoms with E-state index in [0.29, 0.717) is 5.16 Å². The first-order chi connectivity index (χ1) is 10.2. The van der Waals surface area contributed by atoms with Crippen LogP contribution in [0.4, 0.5) is 11.5 Å². The second kappa shape index (κ2) is 5.34. The van der Waals surface area contributed by atoms with Crippen LogP contribution >= 0.6 is 11.8 Å². The van der Waals surface area contributed by atoms with Gasteiger partial charge in [-0.3, -0.25) is 10.1 Å². The van der Waals surface area contributed by atoms with Crippen LogP contribution in [0.3, 0.4) is 0 Å². The maximum Gasteiger partial charge on any atom is 0.345 e. The normalized spacial score (nSPS) is 10.7. The third kappa shape index (κ3) is 2.49. The van der Waals surface area contributed by atoms with Gasteiger partial charge in [-0.1, -0.05) is 12.1 Å². The Kier molecular flexibility index (Phi) is 3.38. The van der Waals surface area contributed by atoms with E-state index in [1.807, 2.05) is 24.3 Å². The third-order valence-corrected chi connectivity index (χ3v) is 3.55. The number of H-pyrrole nitrogens is 1. The lowest BCUT2D eigenvalue weighted by Gasteiger charge is -2.03. The summed E-state index contributed by atoms with van der Waals surface area (Å²) in [4.78, 5) is 25.6. The number of nitrogens with one attached hydrogen (secondary N) is 2. The van der Waals surface area contributed by atoms with E-state index in [0.717, 1.165) is 22.8 Å². The van der Waals surface area contributed by atoms with Crippen molar-refractivity contribution in [2.75, 3.05) is 5.43 Å². The van der Waals surface area contributed by atoms with Gasteiger partial charge in [-0.05, 0) is 23.9 Å². The van der Waals surface area contributed by atoms with Gasteiger partial charge in [-0.25, -0.2) is 20.8 Å². The lowest BCUT2D eigenvalue weighted by atomic mass is 10.3. The molecule has 0 radical (unpaired) electrons. The number of rotatable bonds is 4. The highest BCUT2D eigenvalue weighted by Crippen LogP contribution is 2.35. The zero-order chi connectivity index (χ0) is 14.8. The molecule has 0 saturated carbocycles. The van der Waals surface area contributed by atoms with E-state index in [2.05, 4.69) is 25.4 Å². The molecule has 10 heteroatoms. The second-order valence-corrected chi connectivity index (χ2v) is 4.92. The largest absolute Gasteiger partial charge is 0.345 e. The molecule has 0 unspecified atom stereocenters. The van der Waals surface area contributed by atoms with Crippen LogP contribution in [-0.2, 0) is 0 Å². The van der Waals surface area contributed by atoms with E-state index >= 15 is 0 Å². The fourth-order valence-corrected chi connectivity index (χ4v) is 2.63. The summed E-state index contributed by atoms with van der Waals surface area (Å²) in [6.07, 6.45) is 1.20. The van der Waals surface area contributed by atoms with E-state index in [1.54, 1.807) is 0 Å². The van der Waals surface area contributed by atoms with Gasteiger partial charge in [0.2, 0.25) is 5.82 Å². The van der Waals surface area contributed by atoms with Crippen molar-refractivity contribution >= 4 is 34.3 Å². The monoisotopic (exact) mass is 303 g/mol. The lowest BCUT2D eigenvalue weighted by Crippen LogP contribution is -2.12. The van der Waals surface area contributed by atoms with E-state index in [-0.39, 0.29) is 16.5 Å². The number of aromatic amines is 1. The third-order valence-electron chi connectivity index (χ3n) is 2.67. The summed E-state index contributed by atoms with van der Waals surface area (Å²) in [5, 5.41) is 11.8. The number of anilines is 1. The minimum atomic E-state index is -0.583. The average molecular weight is 303 g/mol. The Labute approximate surface area is 122 Å². The summed E-state index contributed by atoms with van der Waals surface area (Å²) < 4.78 is 0. The van der Waals surface area contributed by atoms with Crippen LogP contribution < -0.4 is 11.3 Å². The van der Waals surface area contributed by atoms with Crippen molar-refractivity contribution in [1.29, 1.82) is 0 Å². The number of nitrogens with two attached hydrogens (primary N) is 1. The van der Waals surface area contributed by atoms with E-state index < -0.39 is 4.92 Å². The van der Waals surface area contributed by atoms with Crippen LogP contribution in [-0.4, -0.2) is 24.9 Å². The standard InChI is InChI=1S/C11H9N7O2S/c12-17-9-8(18(19)20)10(14-5-13-9)21-11-15-6-3-1-2-4-7(6)16-11/h1-5H,12H2,(H,15,16)(H,13,14,17). The number of aromatic nitrogens is 4. The topological polar surface area (TPSA) is 136 Å². The maximum absolute atomic E-state index is 11.1. The van der Waals surface area contributed by atoms with Crippen LogP contribution in [0.5, 0.6) is 0 Å². The maximum atomic E-state index is 11.1. The minimum Gasteiger partial charge on any atom is -0.333 e. The van der Waals surface area contributed by atoms with Gasteiger partial charge in [-0.2, -0.15) is 0 Å². The number of hydrogen-bond acceptors (Lipinski definition) is 8. The van der Waals surface area contributed by atoms with Gasteiger partial charge in [0.25, 0.3) is 0 Å². The molecule has 4 N–H and O–H groups in total. The smallest absolute Gasteiger partial charge is 0.333 e. The highest BCUT2D eigenvalue weighted by Gasteiger charge is 2.24. The molecule has 2 heterocycles. The number of imidazole rings is 1. The number of para-hydroxylation sites is 2. The molecule has 3 rings (SSSR count). The number of hydrogen-bond donors (Lipinski definition) is 3. The molecular weight excluding hydrogens is 294 g/mol. The summed E-state index contributed by atoms with van der Waals surface area (Å²) in [7, 11) is 0. The van der Waals surface area contributed by atoms with Gasteiger partial charge in [0, 0.05) is 0 Å². The highest BCUT2D eigenvalue weighted by atomic mass is 32.2. The predicted octanol–water partition coefficient (Wildman–Crippen LogP) is 1.70. The van der Waals surface area contributed by atoms with Crippen LogP contribution in [0, 0.1) is 10.1 Å². The van der Waals surface area contributed by atoms with Gasteiger partial charge < -0.3 is 10.4 Å². The molecule has 2 aromatic heterocycles. The first-order valence-corrected chi connectivity index (χ1v) is 6.59. The molecule has 0 fully saturated rings. The lowest BCUT2D eigenvalue weighted by molar-refractivity contribution is -0.387. The molecule has 0 spiro atoms. The van der Waals surface area contributed by atoms with Crippen molar-refractivity contribution in [1.82, 2.24) is 19.9 Å². The minimum absolute atomic E-state index is 0.0476. The summed E-state index contributed by atoms with van der Waals surface area (Å²) in [5.74, 6) is 5.19. The number of hydrazine groups is 1. The van der Waals surface area contributed by atoms with Crippen molar-refractivity contribution in [2.24, 2.45) is 5.84 Å². The number of benzene rings is 1. The summed E-state index contributed by atoms with van der Waals surface area (Å²) in [5.41, 5.74) is 3.52. The zero-order valence-electron chi connectivity index (χ0n) is 10.5. The molecule has 0 aliphatic carbocycles. The molecule has 0 aliphatic rings. The Morgan fingerprint density at radius 1 is 1.33 bits per heavy atom. The molecule has 0 aliphatic heterocycles. The second-order valence-electron chi connectivity index (χ2n) is 3.94. The fraction of sp³-hybridized carbons (Fsp3) is 0. The molecule has 21 heavy (non-hydrogen) atoms. The molecule has 0 amide bonds. The highest BCUT2D eigenvalue weighted by molar-refractivity contribution is 7.99. The van der Waals surface area contributed by atoms with Gasteiger partial charge in [0.05, 0.1) is 16.0 Å².